The third-order valence-corrected chi connectivity index (χ3v) is 6.21. The van der Waals surface area contributed by atoms with Gasteiger partial charge >= 0.3 is 0 Å². The topological polar surface area (TPSA) is 57.6 Å². The number of halogens is 4. The Bertz CT molecular complexity index is 1240. The van der Waals surface area contributed by atoms with Crippen LogP contribution in [0, 0.1) is 5.82 Å². The number of benzene rings is 3. The van der Waals surface area contributed by atoms with Gasteiger partial charge in [-0.15, -0.1) is 0 Å². The van der Waals surface area contributed by atoms with Gasteiger partial charge in [0, 0.05) is 21.3 Å². The molecule has 1 aliphatic heterocycles. The molecule has 0 spiro atoms. The Kier molecular flexibility index (Phi) is 5.88. The molecule has 0 aromatic heterocycles. The summed E-state index contributed by atoms with van der Waals surface area (Å²) in [6.45, 7) is 0. The number of ketones is 1. The van der Waals surface area contributed by atoms with E-state index in [0.29, 0.717) is 5.56 Å². The van der Waals surface area contributed by atoms with E-state index in [0.717, 1.165) is 9.37 Å². The van der Waals surface area contributed by atoms with Crippen molar-refractivity contribution >= 4 is 62.3 Å². The summed E-state index contributed by atoms with van der Waals surface area (Å²) in [7, 11) is 0. The second-order valence-corrected chi connectivity index (χ2v) is 8.53. The first-order chi connectivity index (χ1) is 14.8. The second kappa shape index (κ2) is 8.46. The molecule has 1 saturated heterocycles. The zero-order chi connectivity index (χ0) is 22.3. The van der Waals surface area contributed by atoms with Crippen LogP contribution in [-0.2, 0) is 9.59 Å². The average Bonchev–Trinajstić information content (AvgIpc) is 3.01. The summed E-state index contributed by atoms with van der Waals surface area (Å²) in [4.78, 5) is 27.2. The number of rotatable bonds is 3. The van der Waals surface area contributed by atoms with Crippen LogP contribution in [-0.4, -0.2) is 16.8 Å². The van der Waals surface area contributed by atoms with Crippen molar-refractivity contribution in [3.05, 3.63) is 104 Å². The largest absolute Gasteiger partial charge is 0.507 e. The monoisotopic (exact) mass is 519 g/mol. The number of nitrogens with zero attached hydrogens (tertiary/aromatic N) is 1. The molecule has 1 N–H and O–H groups in total. The van der Waals surface area contributed by atoms with Crippen LogP contribution in [0.2, 0.25) is 10.0 Å². The molecule has 31 heavy (non-hydrogen) atoms. The lowest BCUT2D eigenvalue weighted by atomic mass is 9.94. The summed E-state index contributed by atoms with van der Waals surface area (Å²) in [5.41, 5.74) is 0.409. The lowest BCUT2D eigenvalue weighted by Crippen LogP contribution is -2.29. The number of hydrogen-bond acceptors (Lipinski definition) is 3. The molecule has 1 fully saturated rings. The smallest absolute Gasteiger partial charge is 0.300 e. The highest BCUT2D eigenvalue weighted by atomic mass is 79.9. The molecule has 1 heterocycles. The summed E-state index contributed by atoms with van der Waals surface area (Å²) in [6.07, 6.45) is 0. The fourth-order valence-electron chi connectivity index (χ4n) is 3.49. The molecule has 1 aliphatic rings. The van der Waals surface area contributed by atoms with E-state index < -0.39 is 29.3 Å². The molecule has 0 aliphatic carbocycles. The fraction of sp³-hybridized carbons (Fsp3) is 0.0435. The van der Waals surface area contributed by atoms with Gasteiger partial charge in [-0.1, -0.05) is 69.5 Å². The Hall–Kier alpha value is -2.67. The molecule has 156 valence electrons. The van der Waals surface area contributed by atoms with Crippen molar-refractivity contribution in [1.82, 2.24) is 0 Å². The Morgan fingerprint density at radius 2 is 1.65 bits per heavy atom. The van der Waals surface area contributed by atoms with E-state index in [-0.39, 0.29) is 26.9 Å². The van der Waals surface area contributed by atoms with Crippen LogP contribution in [0.4, 0.5) is 10.1 Å². The van der Waals surface area contributed by atoms with Crippen LogP contribution in [0.3, 0.4) is 0 Å². The van der Waals surface area contributed by atoms with Crippen LogP contribution >= 0.6 is 39.1 Å². The minimum absolute atomic E-state index is 0.0615. The van der Waals surface area contributed by atoms with Gasteiger partial charge in [0.15, 0.2) is 0 Å². The number of amides is 1. The average molecular weight is 521 g/mol. The summed E-state index contributed by atoms with van der Waals surface area (Å²) < 4.78 is 15.6. The molecule has 0 radical (unpaired) electrons. The maximum atomic E-state index is 14.8. The van der Waals surface area contributed by atoms with Crippen LogP contribution in [0.15, 0.2) is 76.8 Å². The number of aliphatic hydroxyl groups is 1. The summed E-state index contributed by atoms with van der Waals surface area (Å²) >= 11 is 15.4. The number of carbonyl (C=O) groups excluding carboxylic acids is 2. The van der Waals surface area contributed by atoms with E-state index in [4.69, 9.17) is 23.2 Å². The van der Waals surface area contributed by atoms with E-state index in [1.807, 2.05) is 0 Å². The normalized spacial score (nSPS) is 17.9. The predicted octanol–water partition coefficient (Wildman–Crippen LogP) is 6.52. The predicted molar refractivity (Wildman–Crippen MR) is 122 cm³/mol. The van der Waals surface area contributed by atoms with Gasteiger partial charge in [-0.05, 0) is 36.4 Å². The summed E-state index contributed by atoms with van der Waals surface area (Å²) in [5.74, 6) is -2.87. The van der Waals surface area contributed by atoms with E-state index in [1.165, 1.54) is 36.4 Å². The molecule has 1 unspecified atom stereocenters. The first kappa shape index (κ1) is 21.6. The van der Waals surface area contributed by atoms with E-state index in [1.54, 1.807) is 30.3 Å². The minimum atomic E-state index is -1.19. The molecule has 0 saturated carbocycles. The molecule has 1 atom stereocenters. The van der Waals surface area contributed by atoms with Crippen molar-refractivity contribution in [1.29, 1.82) is 0 Å². The van der Waals surface area contributed by atoms with Gasteiger partial charge in [0.05, 0.1) is 21.7 Å². The Labute approximate surface area is 195 Å². The van der Waals surface area contributed by atoms with Crippen LogP contribution < -0.4 is 4.90 Å². The third kappa shape index (κ3) is 3.87. The van der Waals surface area contributed by atoms with Crippen molar-refractivity contribution in [2.24, 2.45) is 0 Å². The molecule has 8 heteroatoms. The molecule has 3 aromatic rings. The molecule has 0 bridgehead atoms. The fourth-order valence-corrected chi connectivity index (χ4v) is 4.04. The highest BCUT2D eigenvalue weighted by molar-refractivity contribution is 9.10. The van der Waals surface area contributed by atoms with E-state index >= 15 is 0 Å². The Balaban J connectivity index is 1.98. The van der Waals surface area contributed by atoms with Gasteiger partial charge in [-0.2, -0.15) is 0 Å². The SMILES string of the molecule is O=C1C(=O)N(c2ccc(Cl)c(Cl)c2)C(c2ccccc2F)/C1=C(\O)c1ccc(Br)cc1. The van der Waals surface area contributed by atoms with Crippen LogP contribution in [0.1, 0.15) is 17.2 Å². The van der Waals surface area contributed by atoms with Gasteiger partial charge in [-0.3, -0.25) is 14.5 Å². The van der Waals surface area contributed by atoms with E-state index in [9.17, 15) is 19.1 Å². The maximum Gasteiger partial charge on any atom is 0.300 e. The van der Waals surface area contributed by atoms with Gasteiger partial charge in [-0.25, -0.2) is 4.39 Å². The summed E-state index contributed by atoms with van der Waals surface area (Å²) in [6, 6.07) is 15.5. The van der Waals surface area contributed by atoms with Crippen molar-refractivity contribution in [2.75, 3.05) is 4.90 Å². The van der Waals surface area contributed by atoms with Crippen molar-refractivity contribution in [2.45, 2.75) is 6.04 Å². The zero-order valence-corrected chi connectivity index (χ0v) is 18.7. The number of anilines is 1. The van der Waals surface area contributed by atoms with E-state index in [2.05, 4.69) is 15.9 Å². The van der Waals surface area contributed by atoms with Crippen molar-refractivity contribution in [3.8, 4) is 0 Å². The molecule has 4 nitrogen and oxygen atoms in total. The number of aliphatic hydroxyl groups excluding tert-OH is 1. The van der Waals surface area contributed by atoms with Gasteiger partial charge in [0.25, 0.3) is 11.7 Å². The minimum Gasteiger partial charge on any atom is -0.507 e. The number of carbonyl (C=O) groups is 2. The highest BCUT2D eigenvalue weighted by Crippen LogP contribution is 2.44. The van der Waals surface area contributed by atoms with Crippen LogP contribution in [0.25, 0.3) is 5.76 Å². The first-order valence-electron chi connectivity index (χ1n) is 9.06. The molecular formula is C23H13BrCl2FNO3. The van der Waals surface area contributed by atoms with Crippen molar-refractivity contribution in [3.63, 3.8) is 0 Å². The third-order valence-electron chi connectivity index (χ3n) is 4.94. The Morgan fingerprint density at radius 1 is 0.968 bits per heavy atom. The van der Waals surface area contributed by atoms with Crippen molar-refractivity contribution < 1.29 is 19.1 Å². The first-order valence-corrected chi connectivity index (χ1v) is 10.6. The quantitative estimate of drug-likeness (QED) is 0.243. The lowest BCUT2D eigenvalue weighted by Gasteiger charge is -2.26. The lowest BCUT2D eigenvalue weighted by molar-refractivity contribution is -0.132. The van der Waals surface area contributed by atoms with Gasteiger partial charge in [0.1, 0.15) is 11.6 Å². The highest BCUT2D eigenvalue weighted by Gasteiger charge is 2.47. The number of Topliss-reactive ketones (excluding diaryl/α,β-unsaturated/α-hetero) is 1. The maximum absolute atomic E-state index is 14.8. The molecule has 3 aromatic carbocycles. The molecule has 4 rings (SSSR count). The Morgan fingerprint density at radius 3 is 2.29 bits per heavy atom. The standard InChI is InChI=1S/C23H13BrCl2FNO3/c24-13-7-5-12(6-8-13)21(29)19-20(15-3-1-2-4-18(15)27)28(23(31)22(19)30)14-9-10-16(25)17(26)11-14/h1-11,20,29H/b21-19+. The summed E-state index contributed by atoms with van der Waals surface area (Å²) in [5, 5.41) is 11.4. The van der Waals surface area contributed by atoms with Crippen LogP contribution in [0.5, 0.6) is 0 Å². The second-order valence-electron chi connectivity index (χ2n) is 6.80. The number of hydrogen-bond donors (Lipinski definition) is 1. The molecular weight excluding hydrogens is 508 g/mol. The molecule has 1 amide bonds. The van der Waals surface area contributed by atoms with Gasteiger partial charge in [0.2, 0.25) is 0 Å². The van der Waals surface area contributed by atoms with Gasteiger partial charge < -0.3 is 5.11 Å². The zero-order valence-electron chi connectivity index (χ0n) is 15.7.